The highest BCUT2D eigenvalue weighted by atomic mass is 16.2. The minimum Gasteiger partial charge on any atom is -0.349 e. The molecule has 0 saturated carbocycles. The highest BCUT2D eigenvalue weighted by Crippen LogP contribution is 2.28. The van der Waals surface area contributed by atoms with E-state index in [0.717, 1.165) is 12.8 Å². The van der Waals surface area contributed by atoms with E-state index in [2.05, 4.69) is 48.6 Å². The van der Waals surface area contributed by atoms with E-state index in [1.807, 2.05) is 0 Å². The van der Waals surface area contributed by atoms with E-state index in [-0.39, 0.29) is 28.9 Å². The van der Waals surface area contributed by atoms with Gasteiger partial charge in [-0.1, -0.05) is 0 Å². The molecule has 0 radical (unpaired) electrons. The average Bonchev–Trinajstić information content (AvgIpc) is 2.34. The van der Waals surface area contributed by atoms with Crippen molar-refractivity contribution in [1.29, 1.82) is 0 Å². The summed E-state index contributed by atoms with van der Waals surface area (Å²) >= 11 is 0. The molecular formula is C17H26N4O2. The number of piperidine rings is 1. The summed E-state index contributed by atoms with van der Waals surface area (Å²) in [6, 6.07) is 3.35. The van der Waals surface area contributed by atoms with E-state index >= 15 is 0 Å². The van der Waals surface area contributed by atoms with Gasteiger partial charge in [0.15, 0.2) is 0 Å². The van der Waals surface area contributed by atoms with E-state index in [1.54, 1.807) is 12.1 Å². The summed E-state index contributed by atoms with van der Waals surface area (Å²) in [5.41, 5.74) is 0.441. The summed E-state index contributed by atoms with van der Waals surface area (Å²) in [4.78, 5) is 27.6. The van der Waals surface area contributed by atoms with Crippen molar-refractivity contribution in [3.05, 3.63) is 23.9 Å². The molecule has 1 aromatic rings. The van der Waals surface area contributed by atoms with E-state index in [0.29, 0.717) is 11.4 Å². The van der Waals surface area contributed by atoms with Crippen molar-refractivity contribution in [2.24, 2.45) is 0 Å². The van der Waals surface area contributed by atoms with Crippen LogP contribution in [0.1, 0.15) is 57.8 Å². The van der Waals surface area contributed by atoms with Crippen LogP contribution < -0.4 is 16.0 Å². The number of nitrogens with one attached hydrogen (secondary N) is 3. The zero-order valence-electron chi connectivity index (χ0n) is 14.5. The fourth-order valence-electron chi connectivity index (χ4n) is 3.51. The van der Waals surface area contributed by atoms with E-state index in [4.69, 9.17) is 0 Å². The van der Waals surface area contributed by atoms with Crippen molar-refractivity contribution in [1.82, 2.24) is 15.6 Å². The van der Waals surface area contributed by atoms with E-state index < -0.39 is 0 Å². The first-order valence-corrected chi connectivity index (χ1v) is 7.90. The average molecular weight is 318 g/mol. The molecule has 2 amide bonds. The maximum absolute atomic E-state index is 12.5. The summed E-state index contributed by atoms with van der Waals surface area (Å²) in [5, 5.41) is 9.29. The predicted octanol–water partition coefficient (Wildman–Crippen LogP) is 2.08. The minimum atomic E-state index is -0.211. The molecule has 0 aliphatic carbocycles. The van der Waals surface area contributed by atoms with Gasteiger partial charge in [0.05, 0.1) is 0 Å². The summed E-state index contributed by atoms with van der Waals surface area (Å²) in [6.07, 6.45) is 3.26. The third kappa shape index (κ3) is 5.03. The molecule has 1 fully saturated rings. The maximum atomic E-state index is 12.5. The van der Waals surface area contributed by atoms with Crippen LogP contribution in [0, 0.1) is 0 Å². The number of amides is 2. The number of hydrogen-bond acceptors (Lipinski definition) is 4. The molecule has 0 atom stereocenters. The van der Waals surface area contributed by atoms with Gasteiger partial charge in [-0.15, -0.1) is 0 Å². The summed E-state index contributed by atoms with van der Waals surface area (Å²) < 4.78 is 0. The Labute approximate surface area is 137 Å². The fourth-order valence-corrected chi connectivity index (χ4v) is 3.51. The Hall–Kier alpha value is -1.95. The summed E-state index contributed by atoms with van der Waals surface area (Å²) in [5.74, 6) is 0.0329. The van der Waals surface area contributed by atoms with Crippen molar-refractivity contribution in [2.45, 2.75) is 64.6 Å². The van der Waals surface area contributed by atoms with Gasteiger partial charge in [-0.25, -0.2) is 4.98 Å². The second kappa shape index (κ2) is 6.28. The summed E-state index contributed by atoms with van der Waals surface area (Å²) in [6.45, 7) is 10.00. The molecule has 6 heteroatoms. The van der Waals surface area contributed by atoms with Crippen LogP contribution in [-0.2, 0) is 4.79 Å². The van der Waals surface area contributed by atoms with Crippen molar-refractivity contribution in [3.63, 3.8) is 0 Å². The Morgan fingerprint density at radius 3 is 2.39 bits per heavy atom. The van der Waals surface area contributed by atoms with Gasteiger partial charge in [0.25, 0.3) is 5.91 Å². The third-order valence-corrected chi connectivity index (χ3v) is 3.85. The Balaban J connectivity index is 2.08. The number of carbonyl (C=O) groups is 2. The zero-order chi connectivity index (χ0) is 17.3. The molecule has 126 valence electrons. The van der Waals surface area contributed by atoms with Crippen LogP contribution in [0.25, 0.3) is 0 Å². The number of hydrogen-bond donors (Lipinski definition) is 3. The van der Waals surface area contributed by atoms with Crippen LogP contribution in [0.4, 0.5) is 5.82 Å². The van der Waals surface area contributed by atoms with Crippen molar-refractivity contribution >= 4 is 17.6 Å². The summed E-state index contributed by atoms with van der Waals surface area (Å²) in [7, 11) is 0. The Kier molecular flexibility index (Phi) is 4.75. The van der Waals surface area contributed by atoms with Gasteiger partial charge in [-0.3, -0.25) is 9.59 Å². The third-order valence-electron chi connectivity index (χ3n) is 3.85. The van der Waals surface area contributed by atoms with E-state index in [9.17, 15) is 9.59 Å². The van der Waals surface area contributed by atoms with Crippen LogP contribution in [0.15, 0.2) is 18.3 Å². The molecule has 0 spiro atoms. The lowest BCUT2D eigenvalue weighted by Crippen LogP contribution is -2.62. The number of anilines is 1. The lowest BCUT2D eigenvalue weighted by atomic mass is 9.79. The minimum absolute atomic E-state index is 0.0285. The van der Waals surface area contributed by atoms with Gasteiger partial charge < -0.3 is 16.0 Å². The van der Waals surface area contributed by atoms with Crippen LogP contribution in [0.5, 0.6) is 0 Å². The highest BCUT2D eigenvalue weighted by molar-refractivity contribution is 5.96. The molecule has 2 rings (SSSR count). The molecule has 3 N–H and O–H groups in total. The number of nitrogens with zero attached hydrogens (tertiary/aromatic N) is 1. The van der Waals surface area contributed by atoms with Crippen LogP contribution in [-0.4, -0.2) is 33.9 Å². The molecule has 0 aromatic carbocycles. The topological polar surface area (TPSA) is 83.1 Å². The van der Waals surface area contributed by atoms with Crippen LogP contribution in [0.3, 0.4) is 0 Å². The second-order valence-corrected chi connectivity index (χ2v) is 7.58. The van der Waals surface area contributed by atoms with Gasteiger partial charge >= 0.3 is 0 Å². The zero-order valence-corrected chi connectivity index (χ0v) is 14.5. The van der Waals surface area contributed by atoms with Crippen molar-refractivity contribution in [2.75, 3.05) is 5.32 Å². The van der Waals surface area contributed by atoms with Gasteiger partial charge in [-0.05, 0) is 52.7 Å². The standard InChI is InChI=1S/C17H26N4O2/c1-11(22)19-14-8-12(6-7-18-14)15(23)20-13-9-16(2,3)21-17(4,5)10-13/h6-8,13,21H,9-10H2,1-5H3,(H,20,23)(H,18,19,22). The Morgan fingerprint density at radius 1 is 1.22 bits per heavy atom. The maximum Gasteiger partial charge on any atom is 0.251 e. The monoisotopic (exact) mass is 318 g/mol. The lowest BCUT2D eigenvalue weighted by molar-refractivity contribution is -0.114. The molecule has 0 bridgehead atoms. The molecule has 1 aromatic heterocycles. The largest absolute Gasteiger partial charge is 0.349 e. The fraction of sp³-hybridized carbons (Fsp3) is 0.588. The Morgan fingerprint density at radius 2 is 1.83 bits per heavy atom. The smallest absolute Gasteiger partial charge is 0.251 e. The molecule has 1 aliphatic heterocycles. The number of carbonyl (C=O) groups excluding carboxylic acids is 2. The second-order valence-electron chi connectivity index (χ2n) is 7.58. The van der Waals surface area contributed by atoms with E-state index in [1.165, 1.54) is 13.1 Å². The van der Waals surface area contributed by atoms with Gasteiger partial charge in [0, 0.05) is 35.8 Å². The van der Waals surface area contributed by atoms with Crippen LogP contribution in [0.2, 0.25) is 0 Å². The first-order valence-electron chi connectivity index (χ1n) is 7.90. The first-order chi connectivity index (χ1) is 10.6. The van der Waals surface area contributed by atoms with Gasteiger partial charge in [0.1, 0.15) is 5.82 Å². The van der Waals surface area contributed by atoms with Gasteiger partial charge in [-0.2, -0.15) is 0 Å². The molecule has 1 aliphatic rings. The quantitative estimate of drug-likeness (QED) is 0.797. The first kappa shape index (κ1) is 17.4. The number of aromatic nitrogens is 1. The normalized spacial score (nSPS) is 19.9. The SMILES string of the molecule is CC(=O)Nc1cc(C(=O)NC2CC(C)(C)NC(C)(C)C2)ccn1. The molecule has 2 heterocycles. The highest BCUT2D eigenvalue weighted by Gasteiger charge is 2.38. The molecule has 1 saturated heterocycles. The predicted molar refractivity (Wildman–Crippen MR) is 90.3 cm³/mol. The number of rotatable bonds is 3. The lowest BCUT2D eigenvalue weighted by Gasteiger charge is -2.46. The molecular weight excluding hydrogens is 292 g/mol. The number of pyridine rings is 1. The molecule has 0 unspecified atom stereocenters. The Bertz CT molecular complexity index is 594. The van der Waals surface area contributed by atoms with Crippen molar-refractivity contribution < 1.29 is 9.59 Å². The van der Waals surface area contributed by atoms with Crippen molar-refractivity contribution in [3.8, 4) is 0 Å². The van der Waals surface area contributed by atoms with Crippen LogP contribution >= 0.6 is 0 Å². The molecule has 23 heavy (non-hydrogen) atoms. The van der Waals surface area contributed by atoms with Gasteiger partial charge in [0.2, 0.25) is 5.91 Å². The molecule has 6 nitrogen and oxygen atoms in total.